The molecule has 0 fully saturated rings. The number of rotatable bonds is 5. The molecule has 6 heteroatoms. The van der Waals surface area contributed by atoms with Gasteiger partial charge in [0.25, 0.3) is 5.91 Å². The first-order valence-corrected chi connectivity index (χ1v) is 6.52. The van der Waals surface area contributed by atoms with Crippen LogP contribution in [0.1, 0.15) is 28.7 Å². The van der Waals surface area contributed by atoms with Gasteiger partial charge in [-0.3, -0.25) is 4.79 Å². The van der Waals surface area contributed by atoms with Crippen LogP contribution in [0.5, 0.6) is 0 Å². The Hall–Kier alpha value is -2.63. The molecule has 0 bridgehead atoms. The van der Waals surface area contributed by atoms with Crippen LogP contribution in [-0.2, 0) is 16.1 Å². The molecule has 0 aliphatic heterocycles. The fraction of sp³-hybridized carbons (Fsp3) is 0.267. The summed E-state index contributed by atoms with van der Waals surface area (Å²) >= 11 is 0. The van der Waals surface area contributed by atoms with Gasteiger partial charge >= 0.3 is 5.97 Å². The van der Waals surface area contributed by atoms with Crippen LogP contribution in [-0.4, -0.2) is 23.1 Å². The average molecular weight is 288 g/mol. The van der Waals surface area contributed by atoms with E-state index in [1.165, 1.54) is 13.0 Å². The molecular formula is C15H16N2O4. The zero-order valence-electron chi connectivity index (χ0n) is 11.8. The van der Waals surface area contributed by atoms with E-state index >= 15 is 0 Å². The number of aryl methyl sites for hydroxylation is 1. The molecule has 1 atom stereocenters. The molecular weight excluding hydrogens is 272 g/mol. The van der Waals surface area contributed by atoms with Gasteiger partial charge in [0.15, 0.2) is 6.10 Å². The van der Waals surface area contributed by atoms with Crippen LogP contribution in [0.3, 0.4) is 0 Å². The summed E-state index contributed by atoms with van der Waals surface area (Å²) in [5.74, 6) is -1.10. The summed E-state index contributed by atoms with van der Waals surface area (Å²) in [5, 5.41) is 6.29. The Labute approximate surface area is 122 Å². The third-order valence-electron chi connectivity index (χ3n) is 2.79. The quantitative estimate of drug-likeness (QED) is 0.849. The Kier molecular flexibility index (Phi) is 4.71. The van der Waals surface area contributed by atoms with Crippen molar-refractivity contribution in [3.8, 4) is 0 Å². The molecule has 2 rings (SSSR count). The number of ether oxygens (including phenoxy) is 1. The second-order valence-electron chi connectivity index (χ2n) is 4.58. The van der Waals surface area contributed by atoms with Crippen molar-refractivity contribution in [1.82, 2.24) is 10.5 Å². The lowest BCUT2D eigenvalue weighted by atomic mass is 10.2. The standard InChI is InChI=1S/C15H16N2O4/c1-10-8-13(21-17-10)15(19)20-11(2)14(18)16-9-12-6-4-3-5-7-12/h3-8,11H,9H2,1-2H3,(H,16,18)/t11-/m0/s1. The summed E-state index contributed by atoms with van der Waals surface area (Å²) in [6.45, 7) is 3.57. The smallest absolute Gasteiger partial charge is 0.377 e. The van der Waals surface area contributed by atoms with E-state index in [0.29, 0.717) is 12.2 Å². The van der Waals surface area contributed by atoms with Gasteiger partial charge in [-0.05, 0) is 19.4 Å². The van der Waals surface area contributed by atoms with Gasteiger partial charge in [0.2, 0.25) is 5.76 Å². The Bertz CT molecular complexity index is 622. The lowest BCUT2D eigenvalue weighted by molar-refractivity contribution is -0.129. The maximum Gasteiger partial charge on any atom is 0.377 e. The summed E-state index contributed by atoms with van der Waals surface area (Å²) < 4.78 is 9.79. The highest BCUT2D eigenvalue weighted by atomic mass is 16.6. The number of hydrogen-bond donors (Lipinski definition) is 1. The summed E-state index contributed by atoms with van der Waals surface area (Å²) in [6.07, 6.45) is -0.911. The summed E-state index contributed by atoms with van der Waals surface area (Å²) in [6, 6.07) is 10.9. The fourth-order valence-corrected chi connectivity index (χ4v) is 1.66. The van der Waals surface area contributed by atoms with Crippen molar-refractivity contribution in [2.75, 3.05) is 0 Å². The largest absolute Gasteiger partial charge is 0.447 e. The number of carbonyl (C=O) groups excluding carboxylic acids is 2. The molecule has 0 aliphatic carbocycles. The minimum absolute atomic E-state index is 0.0183. The minimum Gasteiger partial charge on any atom is -0.447 e. The summed E-state index contributed by atoms with van der Waals surface area (Å²) in [7, 11) is 0. The number of nitrogens with one attached hydrogen (secondary N) is 1. The van der Waals surface area contributed by atoms with Crippen molar-refractivity contribution < 1.29 is 18.8 Å². The lowest BCUT2D eigenvalue weighted by Gasteiger charge is -2.12. The molecule has 2 aromatic rings. The van der Waals surface area contributed by atoms with Gasteiger partial charge in [0, 0.05) is 12.6 Å². The Morgan fingerprint density at radius 1 is 1.33 bits per heavy atom. The number of esters is 1. The van der Waals surface area contributed by atoms with Gasteiger partial charge in [-0.15, -0.1) is 0 Å². The average Bonchev–Trinajstić information content (AvgIpc) is 2.92. The van der Waals surface area contributed by atoms with Gasteiger partial charge in [0.05, 0.1) is 5.69 Å². The van der Waals surface area contributed by atoms with Gasteiger partial charge in [-0.25, -0.2) is 4.79 Å². The molecule has 0 unspecified atom stereocenters. The molecule has 21 heavy (non-hydrogen) atoms. The number of hydrogen-bond acceptors (Lipinski definition) is 5. The maximum absolute atomic E-state index is 11.9. The zero-order chi connectivity index (χ0) is 15.2. The third kappa shape index (κ3) is 4.17. The number of amides is 1. The van der Waals surface area contributed by atoms with E-state index in [1.807, 2.05) is 30.3 Å². The van der Waals surface area contributed by atoms with Crippen molar-refractivity contribution in [1.29, 1.82) is 0 Å². The van der Waals surface area contributed by atoms with Gasteiger partial charge in [0.1, 0.15) is 0 Å². The van der Waals surface area contributed by atoms with E-state index in [-0.39, 0.29) is 11.7 Å². The summed E-state index contributed by atoms with van der Waals surface area (Å²) in [5.41, 5.74) is 1.54. The zero-order valence-corrected chi connectivity index (χ0v) is 11.8. The predicted octanol–water partition coefficient (Wildman–Crippen LogP) is 1.84. The van der Waals surface area contributed by atoms with Crippen LogP contribution in [0.4, 0.5) is 0 Å². The van der Waals surface area contributed by atoms with E-state index in [0.717, 1.165) is 5.56 Å². The van der Waals surface area contributed by atoms with Crippen LogP contribution in [0.2, 0.25) is 0 Å². The molecule has 6 nitrogen and oxygen atoms in total. The molecule has 0 aliphatic rings. The lowest BCUT2D eigenvalue weighted by Crippen LogP contribution is -2.35. The second-order valence-corrected chi connectivity index (χ2v) is 4.58. The SMILES string of the molecule is Cc1cc(C(=O)O[C@@H](C)C(=O)NCc2ccccc2)on1. The molecule has 0 radical (unpaired) electrons. The van der Waals surface area contributed by atoms with Crippen molar-refractivity contribution >= 4 is 11.9 Å². The van der Waals surface area contributed by atoms with Crippen molar-refractivity contribution in [2.45, 2.75) is 26.5 Å². The van der Waals surface area contributed by atoms with E-state index < -0.39 is 12.1 Å². The topological polar surface area (TPSA) is 81.4 Å². The monoisotopic (exact) mass is 288 g/mol. The highest BCUT2D eigenvalue weighted by Crippen LogP contribution is 2.06. The van der Waals surface area contributed by atoms with E-state index in [1.54, 1.807) is 6.92 Å². The van der Waals surface area contributed by atoms with Crippen molar-refractivity contribution in [3.63, 3.8) is 0 Å². The van der Waals surface area contributed by atoms with Crippen LogP contribution < -0.4 is 5.32 Å². The molecule has 0 saturated carbocycles. The molecule has 1 aromatic heterocycles. The first-order chi connectivity index (χ1) is 10.1. The first kappa shape index (κ1) is 14.8. The van der Waals surface area contributed by atoms with Crippen LogP contribution in [0.25, 0.3) is 0 Å². The highest BCUT2D eigenvalue weighted by molar-refractivity contribution is 5.89. The fourth-order valence-electron chi connectivity index (χ4n) is 1.66. The Morgan fingerprint density at radius 3 is 2.67 bits per heavy atom. The molecule has 1 N–H and O–H groups in total. The third-order valence-corrected chi connectivity index (χ3v) is 2.79. The minimum atomic E-state index is -0.911. The van der Waals surface area contributed by atoms with Gasteiger partial charge in [-0.1, -0.05) is 35.5 Å². The van der Waals surface area contributed by atoms with E-state index in [2.05, 4.69) is 10.5 Å². The van der Waals surface area contributed by atoms with Crippen LogP contribution in [0, 0.1) is 6.92 Å². The van der Waals surface area contributed by atoms with Crippen molar-refractivity contribution in [3.05, 3.63) is 53.4 Å². The number of nitrogens with zero attached hydrogens (tertiary/aromatic N) is 1. The number of aromatic nitrogens is 1. The highest BCUT2D eigenvalue weighted by Gasteiger charge is 2.21. The Balaban J connectivity index is 1.83. The molecule has 0 saturated heterocycles. The Morgan fingerprint density at radius 2 is 2.05 bits per heavy atom. The summed E-state index contributed by atoms with van der Waals surface area (Å²) in [4.78, 5) is 23.6. The predicted molar refractivity (Wildman–Crippen MR) is 74.4 cm³/mol. The molecule has 110 valence electrons. The maximum atomic E-state index is 11.9. The second kappa shape index (κ2) is 6.69. The van der Waals surface area contributed by atoms with Crippen molar-refractivity contribution in [2.24, 2.45) is 0 Å². The van der Waals surface area contributed by atoms with Gasteiger partial charge < -0.3 is 14.6 Å². The van der Waals surface area contributed by atoms with Crippen LogP contribution >= 0.6 is 0 Å². The first-order valence-electron chi connectivity index (χ1n) is 6.52. The van der Waals surface area contributed by atoms with Crippen LogP contribution in [0.15, 0.2) is 40.9 Å². The number of carbonyl (C=O) groups is 2. The molecule has 0 spiro atoms. The van der Waals surface area contributed by atoms with E-state index in [4.69, 9.17) is 9.26 Å². The molecule has 1 amide bonds. The van der Waals surface area contributed by atoms with Gasteiger partial charge in [-0.2, -0.15) is 0 Å². The number of benzene rings is 1. The normalized spacial score (nSPS) is 11.7. The molecule has 1 aromatic carbocycles. The van der Waals surface area contributed by atoms with E-state index in [9.17, 15) is 9.59 Å². The molecule has 1 heterocycles.